The summed E-state index contributed by atoms with van der Waals surface area (Å²) in [5.41, 5.74) is 2.16. The molecule has 1 fully saturated rings. The molecular weight excluding hydrogens is 312 g/mol. The van der Waals surface area contributed by atoms with E-state index < -0.39 is 0 Å². The molecule has 0 radical (unpaired) electrons. The zero-order valence-corrected chi connectivity index (χ0v) is 16.2. The Morgan fingerprint density at radius 1 is 1.08 bits per heavy atom. The van der Waals surface area contributed by atoms with E-state index in [4.69, 9.17) is 0 Å². The van der Waals surface area contributed by atoms with Gasteiger partial charge >= 0.3 is 0 Å². The van der Waals surface area contributed by atoms with Crippen LogP contribution in [-0.4, -0.2) is 28.0 Å². The van der Waals surface area contributed by atoms with Gasteiger partial charge in [0, 0.05) is 6.61 Å². The van der Waals surface area contributed by atoms with Gasteiger partial charge in [0.05, 0.1) is 6.10 Å². The quantitative estimate of drug-likeness (QED) is 0.587. The molecule has 0 aliphatic heterocycles. The van der Waals surface area contributed by atoms with Gasteiger partial charge in [0.15, 0.2) is 0 Å². The summed E-state index contributed by atoms with van der Waals surface area (Å²) >= 11 is 0. The van der Waals surface area contributed by atoms with Crippen molar-refractivity contribution in [2.24, 2.45) is 5.92 Å². The lowest BCUT2D eigenvalue weighted by molar-refractivity contribution is 0.0646. The largest absolute Gasteiger partial charge is 0.508 e. The number of aliphatic hydroxyl groups excluding tert-OH is 2. The molecule has 0 amide bonds. The number of hydrogen-bond donors (Lipinski definition) is 3. The number of aliphatic hydroxyl groups is 2. The topological polar surface area (TPSA) is 60.7 Å². The van der Waals surface area contributed by atoms with Crippen molar-refractivity contribution < 1.29 is 15.3 Å². The third-order valence-electron chi connectivity index (χ3n) is 5.95. The molecule has 142 valence electrons. The van der Waals surface area contributed by atoms with E-state index in [1.807, 2.05) is 12.1 Å². The number of rotatable bonds is 8. The van der Waals surface area contributed by atoms with E-state index in [1.165, 1.54) is 31.2 Å². The van der Waals surface area contributed by atoms with Gasteiger partial charge in [-0.25, -0.2) is 0 Å². The first-order chi connectivity index (χ1) is 11.9. The van der Waals surface area contributed by atoms with Crippen LogP contribution in [0.1, 0.15) is 89.2 Å². The summed E-state index contributed by atoms with van der Waals surface area (Å²) in [6.45, 7) is 6.84. The molecule has 0 saturated heterocycles. The second-order valence-corrected chi connectivity index (χ2v) is 8.57. The minimum Gasteiger partial charge on any atom is -0.508 e. The Bertz CT molecular complexity index is 538. The standard InChI is InChI=1S/C22H36O3/c1-4-5-6-7-10-22(2,3)18-8-9-20(21(25)14-18)17-11-16(15-23)12-19(24)13-17/h8-9,14,16-17,19,23-25H,4-7,10-13,15H2,1-3H3. The molecule has 3 nitrogen and oxygen atoms in total. The van der Waals surface area contributed by atoms with Crippen LogP contribution in [-0.2, 0) is 5.41 Å². The Balaban J connectivity index is 2.09. The maximum absolute atomic E-state index is 10.6. The number of phenols is 1. The maximum atomic E-state index is 10.6. The average molecular weight is 349 g/mol. The Morgan fingerprint density at radius 3 is 2.48 bits per heavy atom. The van der Waals surface area contributed by atoms with Crippen LogP contribution in [0.2, 0.25) is 0 Å². The third kappa shape index (κ3) is 5.46. The van der Waals surface area contributed by atoms with E-state index in [1.54, 1.807) is 0 Å². The van der Waals surface area contributed by atoms with E-state index in [2.05, 4.69) is 26.8 Å². The molecule has 1 aromatic carbocycles. The van der Waals surface area contributed by atoms with Crippen molar-refractivity contribution in [1.29, 1.82) is 0 Å². The Hall–Kier alpha value is -1.06. The Labute approximate surface area is 153 Å². The molecule has 1 saturated carbocycles. The highest BCUT2D eigenvalue weighted by atomic mass is 16.3. The molecular formula is C22H36O3. The van der Waals surface area contributed by atoms with Gasteiger partial charge in [0.2, 0.25) is 0 Å². The van der Waals surface area contributed by atoms with Crippen molar-refractivity contribution in [2.75, 3.05) is 6.61 Å². The molecule has 0 bridgehead atoms. The number of unbranched alkanes of at least 4 members (excludes halogenated alkanes) is 3. The van der Waals surface area contributed by atoms with Crippen LogP contribution in [0.5, 0.6) is 5.75 Å². The smallest absolute Gasteiger partial charge is 0.119 e. The number of aromatic hydroxyl groups is 1. The highest BCUT2D eigenvalue weighted by molar-refractivity contribution is 5.41. The van der Waals surface area contributed by atoms with Gasteiger partial charge in [0.25, 0.3) is 0 Å². The molecule has 0 spiro atoms. The molecule has 1 aliphatic rings. The summed E-state index contributed by atoms with van der Waals surface area (Å²) in [5, 5.41) is 30.1. The zero-order chi connectivity index (χ0) is 18.4. The fourth-order valence-corrected chi connectivity index (χ4v) is 4.26. The van der Waals surface area contributed by atoms with Gasteiger partial charge in [-0.05, 0) is 60.1 Å². The van der Waals surface area contributed by atoms with Crippen LogP contribution in [0.25, 0.3) is 0 Å². The summed E-state index contributed by atoms with van der Waals surface area (Å²) in [4.78, 5) is 0. The molecule has 3 unspecified atom stereocenters. The molecule has 3 atom stereocenters. The molecule has 1 aliphatic carbocycles. The second kappa shape index (κ2) is 9.05. The molecule has 3 N–H and O–H groups in total. The first kappa shape index (κ1) is 20.3. The van der Waals surface area contributed by atoms with Crippen LogP contribution in [0.15, 0.2) is 18.2 Å². The molecule has 25 heavy (non-hydrogen) atoms. The molecule has 3 heteroatoms. The number of benzene rings is 1. The number of hydrogen-bond acceptors (Lipinski definition) is 3. The SMILES string of the molecule is CCCCCCC(C)(C)c1ccc(C2CC(O)CC(CO)C2)c(O)c1. The van der Waals surface area contributed by atoms with Gasteiger partial charge in [0.1, 0.15) is 5.75 Å². The lowest BCUT2D eigenvalue weighted by Gasteiger charge is -2.33. The minimum atomic E-state index is -0.384. The van der Waals surface area contributed by atoms with Crippen LogP contribution in [0.3, 0.4) is 0 Å². The van der Waals surface area contributed by atoms with Crippen LogP contribution < -0.4 is 0 Å². The third-order valence-corrected chi connectivity index (χ3v) is 5.95. The van der Waals surface area contributed by atoms with Crippen molar-refractivity contribution in [2.45, 2.75) is 89.6 Å². The highest BCUT2D eigenvalue weighted by Crippen LogP contribution is 2.41. The van der Waals surface area contributed by atoms with E-state index in [-0.39, 0.29) is 30.0 Å². The van der Waals surface area contributed by atoms with Crippen molar-refractivity contribution in [3.8, 4) is 5.75 Å². The summed E-state index contributed by atoms with van der Waals surface area (Å²) in [6, 6.07) is 6.10. The van der Waals surface area contributed by atoms with Crippen molar-refractivity contribution in [1.82, 2.24) is 0 Å². The van der Waals surface area contributed by atoms with E-state index in [0.29, 0.717) is 18.6 Å². The van der Waals surface area contributed by atoms with Crippen LogP contribution in [0.4, 0.5) is 0 Å². The van der Waals surface area contributed by atoms with E-state index in [9.17, 15) is 15.3 Å². The first-order valence-electron chi connectivity index (χ1n) is 9.99. The lowest BCUT2D eigenvalue weighted by atomic mass is 9.75. The maximum Gasteiger partial charge on any atom is 0.119 e. The van der Waals surface area contributed by atoms with Crippen molar-refractivity contribution >= 4 is 0 Å². The summed E-state index contributed by atoms with van der Waals surface area (Å²) in [7, 11) is 0. The average Bonchev–Trinajstić information content (AvgIpc) is 2.58. The first-order valence-corrected chi connectivity index (χ1v) is 9.99. The normalized spacial score (nSPS) is 24.4. The summed E-state index contributed by atoms with van der Waals surface area (Å²) < 4.78 is 0. The predicted molar refractivity (Wildman–Crippen MR) is 103 cm³/mol. The van der Waals surface area contributed by atoms with E-state index >= 15 is 0 Å². The second-order valence-electron chi connectivity index (χ2n) is 8.57. The molecule has 2 rings (SSSR count). The van der Waals surface area contributed by atoms with Gasteiger partial charge in [-0.2, -0.15) is 0 Å². The number of phenolic OH excluding ortho intramolecular Hbond substituents is 1. The summed E-state index contributed by atoms with van der Waals surface area (Å²) in [5.74, 6) is 0.598. The molecule has 0 aromatic heterocycles. The monoisotopic (exact) mass is 348 g/mol. The lowest BCUT2D eigenvalue weighted by Crippen LogP contribution is -2.27. The van der Waals surface area contributed by atoms with Gasteiger partial charge in [-0.15, -0.1) is 0 Å². The fraction of sp³-hybridized carbons (Fsp3) is 0.727. The predicted octanol–water partition coefficient (Wildman–Crippen LogP) is 4.88. The Morgan fingerprint density at radius 2 is 1.84 bits per heavy atom. The summed E-state index contributed by atoms with van der Waals surface area (Å²) in [6.07, 6.45) is 7.93. The molecule has 1 aromatic rings. The van der Waals surface area contributed by atoms with Gasteiger partial charge in [-0.1, -0.05) is 58.6 Å². The fourth-order valence-electron chi connectivity index (χ4n) is 4.26. The Kier molecular flexibility index (Phi) is 7.33. The van der Waals surface area contributed by atoms with Gasteiger partial charge in [-0.3, -0.25) is 0 Å². The van der Waals surface area contributed by atoms with Crippen molar-refractivity contribution in [3.05, 3.63) is 29.3 Å². The van der Waals surface area contributed by atoms with Crippen LogP contribution >= 0.6 is 0 Å². The molecule has 0 heterocycles. The minimum absolute atomic E-state index is 0.0590. The van der Waals surface area contributed by atoms with Gasteiger partial charge < -0.3 is 15.3 Å². The highest BCUT2D eigenvalue weighted by Gasteiger charge is 2.30. The van der Waals surface area contributed by atoms with E-state index in [0.717, 1.165) is 18.4 Å². The van der Waals surface area contributed by atoms with Crippen molar-refractivity contribution in [3.63, 3.8) is 0 Å². The van der Waals surface area contributed by atoms with Crippen LogP contribution in [0, 0.1) is 5.92 Å². The zero-order valence-electron chi connectivity index (χ0n) is 16.2.